The van der Waals surface area contributed by atoms with Gasteiger partial charge in [-0.05, 0) is 48.9 Å². The minimum atomic E-state index is 0.606. The van der Waals surface area contributed by atoms with E-state index < -0.39 is 0 Å². The third-order valence-corrected chi connectivity index (χ3v) is 3.48. The van der Waals surface area contributed by atoms with Gasteiger partial charge in [-0.3, -0.25) is 0 Å². The Labute approximate surface area is 123 Å². The van der Waals surface area contributed by atoms with Crippen LogP contribution in [0.1, 0.15) is 5.56 Å². The smallest absolute Gasteiger partial charge is 0.126 e. The summed E-state index contributed by atoms with van der Waals surface area (Å²) in [5.74, 6) is 0.768. The Morgan fingerprint density at radius 1 is 1.05 bits per heavy atom. The molecule has 0 aromatic heterocycles. The number of halogens is 2. The number of hydrogen-bond acceptors (Lipinski definition) is 2. The predicted molar refractivity (Wildman–Crippen MR) is 81.2 cm³/mol. The molecule has 0 radical (unpaired) electrons. The van der Waals surface area contributed by atoms with E-state index in [1.807, 2.05) is 24.3 Å². The minimum absolute atomic E-state index is 0.606. The molecule has 0 atom stereocenters. The van der Waals surface area contributed by atoms with E-state index in [2.05, 4.69) is 0 Å². The first-order valence-electron chi connectivity index (χ1n) is 5.98. The fourth-order valence-corrected chi connectivity index (χ4v) is 2.38. The van der Waals surface area contributed by atoms with Crippen molar-refractivity contribution in [3.05, 3.63) is 52.0 Å². The van der Waals surface area contributed by atoms with Crippen LogP contribution in [0.2, 0.25) is 10.0 Å². The lowest BCUT2D eigenvalue weighted by atomic mass is 10.0. The van der Waals surface area contributed by atoms with Crippen LogP contribution in [0.15, 0.2) is 36.4 Å². The summed E-state index contributed by atoms with van der Waals surface area (Å²) in [6.07, 6.45) is 0.815. The van der Waals surface area contributed by atoms with Gasteiger partial charge in [-0.1, -0.05) is 29.3 Å². The van der Waals surface area contributed by atoms with Gasteiger partial charge >= 0.3 is 0 Å². The van der Waals surface area contributed by atoms with Crippen molar-refractivity contribution in [1.82, 2.24) is 0 Å². The van der Waals surface area contributed by atoms with Gasteiger partial charge in [0.2, 0.25) is 0 Å². The second kappa shape index (κ2) is 6.29. The van der Waals surface area contributed by atoms with Crippen molar-refractivity contribution in [3.8, 4) is 16.9 Å². The van der Waals surface area contributed by atoms with Crippen molar-refractivity contribution < 1.29 is 4.74 Å². The first kappa shape index (κ1) is 14.2. The average molecular weight is 296 g/mol. The fraction of sp³-hybridized carbons (Fsp3) is 0.200. The Kier molecular flexibility index (Phi) is 4.70. The van der Waals surface area contributed by atoms with Crippen molar-refractivity contribution in [1.29, 1.82) is 0 Å². The summed E-state index contributed by atoms with van der Waals surface area (Å²) < 4.78 is 5.39. The lowest BCUT2D eigenvalue weighted by Gasteiger charge is -2.12. The van der Waals surface area contributed by atoms with Crippen molar-refractivity contribution in [3.63, 3.8) is 0 Å². The molecule has 0 saturated heterocycles. The predicted octanol–water partition coefficient (Wildman–Crippen LogP) is 4.17. The van der Waals surface area contributed by atoms with Crippen LogP contribution in [-0.4, -0.2) is 13.7 Å². The number of benzene rings is 2. The van der Waals surface area contributed by atoms with Crippen molar-refractivity contribution in [2.24, 2.45) is 5.73 Å². The largest absolute Gasteiger partial charge is 0.496 e. The molecule has 2 aromatic rings. The molecular weight excluding hydrogens is 281 g/mol. The molecule has 0 spiro atoms. The van der Waals surface area contributed by atoms with E-state index in [0.717, 1.165) is 28.9 Å². The number of rotatable bonds is 4. The summed E-state index contributed by atoms with van der Waals surface area (Å²) in [5.41, 5.74) is 8.54. The zero-order valence-corrected chi connectivity index (χ0v) is 12.1. The minimum Gasteiger partial charge on any atom is -0.496 e. The molecular formula is C15H15Cl2NO. The normalized spacial score (nSPS) is 10.5. The SMILES string of the molecule is COc1ccc(CCN)cc1-c1cc(Cl)ccc1Cl. The van der Waals surface area contributed by atoms with Gasteiger partial charge in [-0.15, -0.1) is 0 Å². The lowest BCUT2D eigenvalue weighted by Crippen LogP contribution is -2.03. The van der Waals surface area contributed by atoms with Crippen LogP contribution in [-0.2, 0) is 6.42 Å². The first-order valence-corrected chi connectivity index (χ1v) is 6.73. The Hall–Kier alpha value is -1.22. The van der Waals surface area contributed by atoms with Crippen LogP contribution in [0.25, 0.3) is 11.1 Å². The fourth-order valence-electron chi connectivity index (χ4n) is 1.99. The summed E-state index contributed by atoms with van der Waals surface area (Å²) in [6, 6.07) is 11.4. The third-order valence-electron chi connectivity index (χ3n) is 2.92. The van der Waals surface area contributed by atoms with Gasteiger partial charge in [0, 0.05) is 21.2 Å². The topological polar surface area (TPSA) is 35.2 Å². The highest BCUT2D eigenvalue weighted by molar-refractivity contribution is 6.35. The van der Waals surface area contributed by atoms with Crippen LogP contribution in [0.3, 0.4) is 0 Å². The number of methoxy groups -OCH3 is 1. The van der Waals surface area contributed by atoms with Gasteiger partial charge < -0.3 is 10.5 Å². The van der Waals surface area contributed by atoms with Crippen LogP contribution in [0, 0.1) is 0 Å². The molecule has 0 heterocycles. The van der Waals surface area contributed by atoms with Crippen LogP contribution in [0.5, 0.6) is 5.75 Å². The molecule has 2 rings (SSSR count). The maximum atomic E-state index is 6.25. The molecule has 4 heteroatoms. The molecule has 0 unspecified atom stereocenters. The second-order valence-corrected chi connectivity index (χ2v) is 5.04. The number of ether oxygens (including phenoxy) is 1. The van der Waals surface area contributed by atoms with Gasteiger partial charge in [-0.25, -0.2) is 0 Å². The number of hydrogen-bond donors (Lipinski definition) is 1. The summed E-state index contributed by atoms with van der Waals surface area (Å²) in [7, 11) is 1.64. The maximum Gasteiger partial charge on any atom is 0.126 e. The molecule has 0 aliphatic carbocycles. The zero-order valence-electron chi connectivity index (χ0n) is 10.6. The zero-order chi connectivity index (χ0) is 13.8. The Morgan fingerprint density at radius 2 is 1.84 bits per heavy atom. The molecule has 0 aliphatic heterocycles. The number of nitrogens with two attached hydrogens (primary N) is 1. The molecule has 2 aromatic carbocycles. The molecule has 2 nitrogen and oxygen atoms in total. The van der Waals surface area contributed by atoms with E-state index in [-0.39, 0.29) is 0 Å². The van der Waals surface area contributed by atoms with E-state index >= 15 is 0 Å². The quantitative estimate of drug-likeness (QED) is 0.919. The van der Waals surface area contributed by atoms with Crippen LogP contribution in [0.4, 0.5) is 0 Å². The molecule has 2 N–H and O–H groups in total. The second-order valence-electron chi connectivity index (χ2n) is 4.20. The standard InChI is InChI=1S/C15H15Cl2NO/c1-19-15-5-2-10(6-7-18)8-13(15)12-9-11(16)3-4-14(12)17/h2-5,8-9H,6-7,18H2,1H3. The Morgan fingerprint density at radius 3 is 2.53 bits per heavy atom. The first-order chi connectivity index (χ1) is 9.15. The Balaban J connectivity index is 2.58. The lowest BCUT2D eigenvalue weighted by molar-refractivity contribution is 0.416. The average Bonchev–Trinajstić information content (AvgIpc) is 2.42. The summed E-state index contributed by atoms with van der Waals surface area (Å²) in [6.45, 7) is 0.606. The summed E-state index contributed by atoms with van der Waals surface area (Å²) >= 11 is 12.3. The van der Waals surface area contributed by atoms with Gasteiger partial charge in [0.05, 0.1) is 7.11 Å². The van der Waals surface area contributed by atoms with Gasteiger partial charge in [0.1, 0.15) is 5.75 Å². The maximum absolute atomic E-state index is 6.25. The third kappa shape index (κ3) is 3.21. The molecule has 0 aliphatic rings. The van der Waals surface area contributed by atoms with E-state index in [4.69, 9.17) is 33.7 Å². The van der Waals surface area contributed by atoms with Gasteiger partial charge in [-0.2, -0.15) is 0 Å². The van der Waals surface area contributed by atoms with E-state index in [9.17, 15) is 0 Å². The van der Waals surface area contributed by atoms with Crippen LogP contribution < -0.4 is 10.5 Å². The molecule has 0 fully saturated rings. The molecule has 100 valence electrons. The monoisotopic (exact) mass is 295 g/mol. The van der Waals surface area contributed by atoms with Gasteiger partial charge in [0.25, 0.3) is 0 Å². The van der Waals surface area contributed by atoms with Crippen molar-refractivity contribution in [2.75, 3.05) is 13.7 Å². The molecule has 0 bridgehead atoms. The highest BCUT2D eigenvalue weighted by Crippen LogP contribution is 2.37. The Bertz CT molecular complexity index is 584. The summed E-state index contributed by atoms with van der Waals surface area (Å²) in [4.78, 5) is 0. The molecule has 0 saturated carbocycles. The van der Waals surface area contributed by atoms with Crippen molar-refractivity contribution in [2.45, 2.75) is 6.42 Å². The molecule has 19 heavy (non-hydrogen) atoms. The van der Waals surface area contributed by atoms with E-state index in [1.165, 1.54) is 0 Å². The van der Waals surface area contributed by atoms with Gasteiger partial charge in [0.15, 0.2) is 0 Å². The summed E-state index contributed by atoms with van der Waals surface area (Å²) in [5, 5.41) is 1.29. The molecule has 0 amide bonds. The van der Waals surface area contributed by atoms with Crippen LogP contribution >= 0.6 is 23.2 Å². The van der Waals surface area contributed by atoms with E-state index in [0.29, 0.717) is 16.6 Å². The highest BCUT2D eigenvalue weighted by atomic mass is 35.5. The van der Waals surface area contributed by atoms with Crippen molar-refractivity contribution >= 4 is 23.2 Å². The highest BCUT2D eigenvalue weighted by Gasteiger charge is 2.11. The van der Waals surface area contributed by atoms with E-state index in [1.54, 1.807) is 19.2 Å².